The molecule has 2 aromatic rings. The van der Waals surface area contributed by atoms with Crippen molar-refractivity contribution in [3.8, 4) is 0 Å². The Kier molecular flexibility index (Phi) is 3.94. The van der Waals surface area contributed by atoms with Crippen LogP contribution < -0.4 is 4.90 Å². The summed E-state index contributed by atoms with van der Waals surface area (Å²) >= 11 is 0. The monoisotopic (exact) mass is 259 g/mol. The number of para-hydroxylation sites is 1. The fourth-order valence-electron chi connectivity index (χ4n) is 2.04. The molecule has 1 aromatic carbocycles. The van der Waals surface area contributed by atoms with E-state index in [9.17, 15) is 9.90 Å². The van der Waals surface area contributed by atoms with Crippen molar-refractivity contribution in [1.29, 1.82) is 0 Å². The summed E-state index contributed by atoms with van der Waals surface area (Å²) < 4.78 is 0. The van der Waals surface area contributed by atoms with Gasteiger partial charge in [-0.05, 0) is 19.4 Å². The van der Waals surface area contributed by atoms with Gasteiger partial charge in [-0.15, -0.1) is 0 Å². The van der Waals surface area contributed by atoms with Crippen LogP contribution in [0.3, 0.4) is 0 Å². The van der Waals surface area contributed by atoms with Gasteiger partial charge in [-0.3, -0.25) is 0 Å². The fraction of sp³-hybridized carbons (Fsp3) is 0.357. The molecule has 0 aliphatic carbocycles. The molecule has 0 saturated carbocycles. The Morgan fingerprint density at radius 1 is 1.37 bits per heavy atom. The molecule has 1 N–H and O–H groups in total. The first kappa shape index (κ1) is 13.3. The molecule has 5 heteroatoms. The van der Waals surface area contributed by atoms with Crippen molar-refractivity contribution in [2.75, 3.05) is 18.0 Å². The fourth-order valence-corrected chi connectivity index (χ4v) is 2.04. The van der Waals surface area contributed by atoms with Crippen molar-refractivity contribution in [3.05, 3.63) is 30.0 Å². The molecule has 1 heterocycles. The molecule has 0 aliphatic heterocycles. The average molecular weight is 259 g/mol. The average Bonchev–Trinajstić information content (AvgIpc) is 2.43. The lowest BCUT2D eigenvalue weighted by Gasteiger charge is -2.20. The van der Waals surface area contributed by atoms with Crippen LogP contribution in [0, 0.1) is 0 Å². The zero-order valence-electron chi connectivity index (χ0n) is 11.1. The standard InChI is InChI=1S/C14H17N3O2/c1-3-8-17(4-2)14-15-9-10-6-5-7-11(13(18)19)12(10)16-14/h5-7,9H,3-4,8H2,1-2H3,(H,18,19). The van der Waals surface area contributed by atoms with Crippen LogP contribution in [0.2, 0.25) is 0 Å². The quantitative estimate of drug-likeness (QED) is 0.893. The minimum atomic E-state index is -0.964. The second kappa shape index (κ2) is 5.65. The Morgan fingerprint density at radius 2 is 2.16 bits per heavy atom. The molecule has 0 amide bonds. The zero-order valence-corrected chi connectivity index (χ0v) is 11.1. The third kappa shape index (κ3) is 2.65. The van der Waals surface area contributed by atoms with Crippen LogP contribution in [0.15, 0.2) is 24.4 Å². The molecule has 100 valence electrons. The molecule has 0 unspecified atom stereocenters. The number of carboxylic acid groups (broad SMARTS) is 1. The molecule has 0 aliphatic rings. The van der Waals surface area contributed by atoms with E-state index in [1.807, 2.05) is 17.9 Å². The van der Waals surface area contributed by atoms with Crippen LogP contribution in [0.25, 0.3) is 10.9 Å². The Labute approximate surface area is 111 Å². The predicted octanol–water partition coefficient (Wildman–Crippen LogP) is 2.56. The van der Waals surface area contributed by atoms with E-state index in [2.05, 4.69) is 16.9 Å². The van der Waals surface area contributed by atoms with Gasteiger partial charge in [0.2, 0.25) is 5.95 Å². The zero-order chi connectivity index (χ0) is 13.8. The highest BCUT2D eigenvalue weighted by Crippen LogP contribution is 2.19. The number of aromatic nitrogens is 2. The maximum atomic E-state index is 11.2. The van der Waals surface area contributed by atoms with E-state index in [1.54, 1.807) is 18.3 Å². The molecule has 0 radical (unpaired) electrons. The Bertz CT molecular complexity index is 598. The second-order valence-electron chi connectivity index (χ2n) is 4.30. The van der Waals surface area contributed by atoms with Gasteiger partial charge < -0.3 is 10.0 Å². The van der Waals surface area contributed by atoms with E-state index in [0.717, 1.165) is 24.9 Å². The molecule has 1 aromatic heterocycles. The first-order valence-corrected chi connectivity index (χ1v) is 6.41. The summed E-state index contributed by atoms with van der Waals surface area (Å²) in [5.74, 6) is -0.376. The van der Waals surface area contributed by atoms with Gasteiger partial charge in [-0.25, -0.2) is 14.8 Å². The number of hydrogen-bond acceptors (Lipinski definition) is 4. The highest BCUT2D eigenvalue weighted by Gasteiger charge is 2.13. The molecule has 2 rings (SSSR count). The number of rotatable bonds is 5. The molecule has 0 atom stereocenters. The molecule has 0 saturated heterocycles. The van der Waals surface area contributed by atoms with Crippen LogP contribution in [-0.2, 0) is 0 Å². The Morgan fingerprint density at radius 3 is 2.79 bits per heavy atom. The Balaban J connectivity index is 2.54. The summed E-state index contributed by atoms with van der Waals surface area (Å²) in [5, 5.41) is 9.95. The lowest BCUT2D eigenvalue weighted by atomic mass is 10.1. The van der Waals surface area contributed by atoms with Crippen molar-refractivity contribution in [3.63, 3.8) is 0 Å². The van der Waals surface area contributed by atoms with E-state index in [0.29, 0.717) is 11.5 Å². The van der Waals surface area contributed by atoms with E-state index in [-0.39, 0.29) is 5.56 Å². The number of carboxylic acids is 1. The van der Waals surface area contributed by atoms with Gasteiger partial charge in [0.15, 0.2) is 0 Å². The number of carbonyl (C=O) groups is 1. The third-order valence-corrected chi connectivity index (χ3v) is 2.99. The predicted molar refractivity (Wildman–Crippen MR) is 74.7 cm³/mol. The third-order valence-electron chi connectivity index (χ3n) is 2.99. The van der Waals surface area contributed by atoms with Crippen LogP contribution in [-0.4, -0.2) is 34.1 Å². The van der Waals surface area contributed by atoms with Gasteiger partial charge in [0.25, 0.3) is 0 Å². The largest absolute Gasteiger partial charge is 0.478 e. The van der Waals surface area contributed by atoms with Crippen molar-refractivity contribution < 1.29 is 9.90 Å². The topological polar surface area (TPSA) is 66.3 Å². The van der Waals surface area contributed by atoms with Crippen molar-refractivity contribution >= 4 is 22.8 Å². The Hall–Kier alpha value is -2.17. The molecule has 0 bridgehead atoms. The molecule has 5 nitrogen and oxygen atoms in total. The van der Waals surface area contributed by atoms with Crippen LogP contribution in [0.5, 0.6) is 0 Å². The first-order valence-electron chi connectivity index (χ1n) is 6.41. The number of nitrogens with zero attached hydrogens (tertiary/aromatic N) is 3. The van der Waals surface area contributed by atoms with Gasteiger partial charge in [-0.2, -0.15) is 0 Å². The van der Waals surface area contributed by atoms with Crippen LogP contribution in [0.4, 0.5) is 5.95 Å². The second-order valence-corrected chi connectivity index (χ2v) is 4.30. The van der Waals surface area contributed by atoms with Crippen LogP contribution >= 0.6 is 0 Å². The van der Waals surface area contributed by atoms with Gasteiger partial charge in [-0.1, -0.05) is 19.1 Å². The van der Waals surface area contributed by atoms with E-state index in [1.165, 1.54) is 0 Å². The normalized spacial score (nSPS) is 10.6. The van der Waals surface area contributed by atoms with Gasteiger partial charge >= 0.3 is 5.97 Å². The summed E-state index contributed by atoms with van der Waals surface area (Å²) in [6.07, 6.45) is 2.68. The smallest absolute Gasteiger partial charge is 0.337 e. The minimum absolute atomic E-state index is 0.216. The summed E-state index contributed by atoms with van der Waals surface area (Å²) in [4.78, 5) is 22.0. The van der Waals surface area contributed by atoms with E-state index < -0.39 is 5.97 Å². The SMILES string of the molecule is CCCN(CC)c1ncc2cccc(C(=O)O)c2n1. The van der Waals surface area contributed by atoms with E-state index in [4.69, 9.17) is 0 Å². The van der Waals surface area contributed by atoms with Crippen LogP contribution in [0.1, 0.15) is 30.6 Å². The van der Waals surface area contributed by atoms with Crippen molar-refractivity contribution in [2.45, 2.75) is 20.3 Å². The van der Waals surface area contributed by atoms with E-state index >= 15 is 0 Å². The summed E-state index contributed by atoms with van der Waals surface area (Å²) in [6, 6.07) is 5.09. The van der Waals surface area contributed by atoms with Gasteiger partial charge in [0.05, 0.1) is 11.1 Å². The minimum Gasteiger partial charge on any atom is -0.478 e. The van der Waals surface area contributed by atoms with Crippen molar-refractivity contribution in [1.82, 2.24) is 9.97 Å². The maximum Gasteiger partial charge on any atom is 0.337 e. The van der Waals surface area contributed by atoms with Gasteiger partial charge in [0.1, 0.15) is 0 Å². The molecular formula is C14H17N3O2. The van der Waals surface area contributed by atoms with Crippen molar-refractivity contribution in [2.24, 2.45) is 0 Å². The number of hydrogen-bond donors (Lipinski definition) is 1. The number of fused-ring (bicyclic) bond motifs is 1. The lowest BCUT2D eigenvalue weighted by molar-refractivity contribution is 0.0699. The first-order chi connectivity index (χ1) is 9.17. The molecule has 0 fully saturated rings. The summed E-state index contributed by atoms with van der Waals surface area (Å²) in [5.41, 5.74) is 0.711. The molecular weight excluding hydrogens is 242 g/mol. The summed E-state index contributed by atoms with van der Waals surface area (Å²) in [6.45, 7) is 5.78. The highest BCUT2D eigenvalue weighted by molar-refractivity contribution is 6.01. The summed E-state index contributed by atoms with van der Waals surface area (Å²) in [7, 11) is 0. The maximum absolute atomic E-state index is 11.2. The number of aromatic carboxylic acids is 1. The molecule has 19 heavy (non-hydrogen) atoms. The lowest BCUT2D eigenvalue weighted by Crippen LogP contribution is -2.25. The molecule has 0 spiro atoms. The van der Waals surface area contributed by atoms with Gasteiger partial charge in [0, 0.05) is 24.7 Å². The number of benzene rings is 1. The number of anilines is 1. The highest BCUT2D eigenvalue weighted by atomic mass is 16.4.